The van der Waals surface area contributed by atoms with Crippen molar-refractivity contribution >= 4 is 5.91 Å². The number of halogens is 3. The van der Waals surface area contributed by atoms with Crippen LogP contribution in [0.25, 0.3) is 0 Å². The number of likely N-dealkylation sites (tertiary alicyclic amines) is 1. The summed E-state index contributed by atoms with van der Waals surface area (Å²) in [5.74, 6) is -1.04. The Bertz CT molecular complexity index is 337. The fourth-order valence-electron chi connectivity index (χ4n) is 1.99. The van der Waals surface area contributed by atoms with Crippen molar-refractivity contribution in [2.45, 2.75) is 32.0 Å². The summed E-state index contributed by atoms with van der Waals surface area (Å²) in [6.07, 6.45) is -3.10. The van der Waals surface area contributed by atoms with E-state index >= 15 is 0 Å². The number of alkyl halides is 3. The van der Waals surface area contributed by atoms with Crippen LogP contribution in [0.5, 0.6) is 0 Å². The van der Waals surface area contributed by atoms with Gasteiger partial charge in [-0.05, 0) is 26.3 Å². The second-order valence-electron chi connectivity index (χ2n) is 4.47. The average molecular weight is 263 g/mol. The zero-order valence-corrected chi connectivity index (χ0v) is 10.1. The molecule has 1 N–H and O–H groups in total. The fourth-order valence-corrected chi connectivity index (χ4v) is 1.99. The Hall–Kier alpha value is -1.29. The van der Waals surface area contributed by atoms with Crippen LogP contribution in [0.1, 0.15) is 19.8 Å². The molecule has 0 aromatic carbocycles. The number of piperidine rings is 1. The molecule has 4 nitrogen and oxygen atoms in total. The van der Waals surface area contributed by atoms with E-state index in [1.165, 1.54) is 0 Å². The van der Waals surface area contributed by atoms with Crippen LogP contribution in [0.2, 0.25) is 0 Å². The van der Waals surface area contributed by atoms with Crippen LogP contribution in [0.15, 0.2) is 0 Å². The lowest BCUT2D eigenvalue weighted by molar-refractivity contribution is -0.141. The third-order valence-corrected chi connectivity index (χ3v) is 3.02. The van der Waals surface area contributed by atoms with Crippen LogP contribution >= 0.6 is 0 Å². The second kappa shape index (κ2) is 6.05. The molecule has 0 saturated carbocycles. The second-order valence-corrected chi connectivity index (χ2v) is 4.47. The molecule has 0 aliphatic carbocycles. The molecule has 1 heterocycles. The first-order chi connectivity index (χ1) is 8.33. The van der Waals surface area contributed by atoms with Crippen LogP contribution in [0.4, 0.5) is 13.2 Å². The summed E-state index contributed by atoms with van der Waals surface area (Å²) in [5, 5.41) is 10.7. The summed E-state index contributed by atoms with van der Waals surface area (Å²) < 4.78 is 35.9. The fraction of sp³-hybridized carbons (Fsp3) is 0.818. The van der Waals surface area contributed by atoms with Gasteiger partial charge in [0.05, 0.1) is 18.0 Å². The van der Waals surface area contributed by atoms with Gasteiger partial charge in [-0.1, -0.05) is 0 Å². The van der Waals surface area contributed by atoms with E-state index in [9.17, 15) is 18.0 Å². The molecule has 2 unspecified atom stereocenters. The van der Waals surface area contributed by atoms with Gasteiger partial charge in [-0.15, -0.1) is 0 Å². The van der Waals surface area contributed by atoms with Gasteiger partial charge in [0.25, 0.3) is 0 Å². The smallest absolute Gasteiger partial charge is 0.347 e. The van der Waals surface area contributed by atoms with E-state index in [1.807, 2.05) is 10.2 Å². The quantitative estimate of drug-likeness (QED) is 0.834. The Kier molecular flexibility index (Phi) is 4.96. The molecule has 1 saturated heterocycles. The Morgan fingerprint density at radius 3 is 2.83 bits per heavy atom. The summed E-state index contributed by atoms with van der Waals surface area (Å²) in [7, 11) is 0. The topological polar surface area (TPSA) is 56.1 Å². The molecule has 1 fully saturated rings. The van der Waals surface area contributed by atoms with E-state index in [0.29, 0.717) is 19.5 Å². The largest absolute Gasteiger partial charge is 0.405 e. The van der Waals surface area contributed by atoms with Crippen molar-refractivity contribution in [3.63, 3.8) is 0 Å². The van der Waals surface area contributed by atoms with Crippen LogP contribution in [-0.2, 0) is 4.79 Å². The van der Waals surface area contributed by atoms with E-state index in [2.05, 4.69) is 6.07 Å². The van der Waals surface area contributed by atoms with Crippen LogP contribution in [0.3, 0.4) is 0 Å². The molecule has 0 aromatic heterocycles. The van der Waals surface area contributed by atoms with Crippen molar-refractivity contribution in [2.75, 3.05) is 19.6 Å². The van der Waals surface area contributed by atoms with Crippen molar-refractivity contribution in [3.05, 3.63) is 0 Å². The molecule has 0 spiro atoms. The Morgan fingerprint density at radius 1 is 1.61 bits per heavy atom. The van der Waals surface area contributed by atoms with E-state index in [4.69, 9.17) is 5.26 Å². The van der Waals surface area contributed by atoms with E-state index in [1.54, 1.807) is 6.92 Å². The van der Waals surface area contributed by atoms with E-state index in [0.717, 1.165) is 6.42 Å². The number of nitrogens with one attached hydrogen (secondary N) is 1. The highest BCUT2D eigenvalue weighted by atomic mass is 19.4. The standard InChI is InChI=1S/C11H16F3N3O/c1-8(5-15)17-4-2-3-9(6-17)10(18)16-7-11(12,13)14/h8-9H,2-4,6-7H2,1H3,(H,16,18). The van der Waals surface area contributed by atoms with Gasteiger partial charge in [-0.25, -0.2) is 0 Å². The summed E-state index contributed by atoms with van der Waals surface area (Å²) in [5.41, 5.74) is 0. The van der Waals surface area contributed by atoms with Crippen molar-refractivity contribution in [1.82, 2.24) is 10.2 Å². The molecule has 7 heteroatoms. The number of carbonyl (C=O) groups is 1. The Morgan fingerprint density at radius 2 is 2.28 bits per heavy atom. The maximum atomic E-state index is 12.0. The maximum Gasteiger partial charge on any atom is 0.405 e. The minimum absolute atomic E-state index is 0.316. The molecule has 18 heavy (non-hydrogen) atoms. The van der Waals surface area contributed by atoms with Crippen molar-refractivity contribution in [1.29, 1.82) is 5.26 Å². The van der Waals surface area contributed by atoms with Crippen molar-refractivity contribution in [3.8, 4) is 6.07 Å². The number of rotatable bonds is 3. The summed E-state index contributed by atoms with van der Waals surface area (Å²) in [4.78, 5) is 13.4. The zero-order valence-electron chi connectivity index (χ0n) is 10.1. The predicted molar refractivity (Wildman–Crippen MR) is 58.4 cm³/mol. The van der Waals surface area contributed by atoms with Crippen molar-refractivity contribution < 1.29 is 18.0 Å². The SMILES string of the molecule is CC(C#N)N1CCCC(C(=O)NCC(F)(F)F)C1. The first-order valence-electron chi connectivity index (χ1n) is 5.81. The van der Waals surface area contributed by atoms with Gasteiger partial charge in [-0.2, -0.15) is 18.4 Å². The molecular weight excluding hydrogens is 247 g/mol. The monoisotopic (exact) mass is 263 g/mol. The van der Waals surface area contributed by atoms with Crippen LogP contribution in [0, 0.1) is 17.2 Å². The summed E-state index contributed by atoms with van der Waals surface area (Å²) >= 11 is 0. The average Bonchev–Trinajstić information content (AvgIpc) is 2.34. The highest BCUT2D eigenvalue weighted by Crippen LogP contribution is 2.19. The van der Waals surface area contributed by atoms with Crippen molar-refractivity contribution in [2.24, 2.45) is 5.92 Å². The molecule has 1 aliphatic heterocycles. The summed E-state index contributed by atoms with van der Waals surface area (Å²) in [6, 6.07) is 1.75. The number of carbonyl (C=O) groups excluding carboxylic acids is 1. The highest BCUT2D eigenvalue weighted by Gasteiger charge is 2.32. The molecule has 1 aliphatic rings. The van der Waals surface area contributed by atoms with Crippen LogP contribution in [-0.4, -0.2) is 42.7 Å². The van der Waals surface area contributed by atoms with Gasteiger partial charge >= 0.3 is 6.18 Å². The first kappa shape index (κ1) is 14.8. The number of nitrogens with zero attached hydrogens (tertiary/aromatic N) is 2. The molecule has 0 aromatic rings. The number of hydrogen-bond acceptors (Lipinski definition) is 3. The number of nitriles is 1. The molecule has 102 valence electrons. The lowest BCUT2D eigenvalue weighted by Gasteiger charge is -2.33. The third kappa shape index (κ3) is 4.53. The molecule has 0 bridgehead atoms. The zero-order chi connectivity index (χ0) is 13.8. The molecule has 1 amide bonds. The lowest BCUT2D eigenvalue weighted by Crippen LogP contribution is -2.47. The number of amides is 1. The van der Waals surface area contributed by atoms with Gasteiger partial charge in [0.2, 0.25) is 5.91 Å². The Balaban J connectivity index is 2.46. The van der Waals surface area contributed by atoms with Crippen LogP contribution < -0.4 is 5.32 Å². The predicted octanol–water partition coefficient (Wildman–Crippen LogP) is 1.29. The van der Waals surface area contributed by atoms with Gasteiger partial charge in [0, 0.05) is 6.54 Å². The third-order valence-electron chi connectivity index (χ3n) is 3.02. The molecular formula is C11H16F3N3O. The van der Waals surface area contributed by atoms with Gasteiger partial charge in [-0.3, -0.25) is 9.69 Å². The normalized spacial score (nSPS) is 23.2. The number of hydrogen-bond donors (Lipinski definition) is 1. The van der Waals surface area contributed by atoms with Gasteiger partial charge < -0.3 is 5.32 Å². The highest BCUT2D eigenvalue weighted by molar-refractivity contribution is 5.79. The molecule has 0 radical (unpaired) electrons. The van der Waals surface area contributed by atoms with Gasteiger partial charge in [0.1, 0.15) is 6.54 Å². The van der Waals surface area contributed by atoms with E-state index in [-0.39, 0.29) is 6.04 Å². The maximum absolute atomic E-state index is 12.0. The minimum atomic E-state index is -4.38. The lowest BCUT2D eigenvalue weighted by atomic mass is 9.96. The minimum Gasteiger partial charge on any atom is -0.347 e. The van der Waals surface area contributed by atoms with Gasteiger partial charge in [0.15, 0.2) is 0 Å². The molecule has 1 rings (SSSR count). The molecule has 2 atom stereocenters. The first-order valence-corrected chi connectivity index (χ1v) is 5.81. The Labute approximate surface area is 104 Å². The van der Waals surface area contributed by atoms with E-state index < -0.39 is 24.5 Å². The summed E-state index contributed by atoms with van der Waals surface area (Å²) in [6.45, 7) is 1.47.